The van der Waals surface area contributed by atoms with Gasteiger partial charge in [-0.3, -0.25) is 0 Å². The van der Waals surface area contributed by atoms with Gasteiger partial charge in [0.2, 0.25) is 0 Å². The summed E-state index contributed by atoms with van der Waals surface area (Å²) in [6, 6.07) is 4.77. The number of fused-ring (bicyclic) bond motifs is 1. The van der Waals surface area contributed by atoms with Gasteiger partial charge < -0.3 is 9.78 Å². The van der Waals surface area contributed by atoms with E-state index < -0.39 is 0 Å². The van der Waals surface area contributed by atoms with Crippen LogP contribution in [0.2, 0.25) is 0 Å². The summed E-state index contributed by atoms with van der Waals surface area (Å²) < 4.78 is 12.6. The Bertz CT molecular complexity index is 409. The number of carbonyl (C=O) groups is 1. The van der Waals surface area contributed by atoms with Crippen molar-refractivity contribution < 1.29 is 9.18 Å². The van der Waals surface area contributed by atoms with Gasteiger partial charge in [-0.2, -0.15) is 0 Å². The van der Waals surface area contributed by atoms with Crippen molar-refractivity contribution >= 4 is 17.7 Å². The highest BCUT2D eigenvalue weighted by Gasteiger charge is 1.98. The number of nitrogens with one attached hydrogen (secondary N) is 1. The summed E-state index contributed by atoms with van der Waals surface area (Å²) in [6.45, 7) is 8.00. The summed E-state index contributed by atoms with van der Waals surface area (Å²) in [5.41, 5.74) is 2.02. The predicted molar refractivity (Wildman–Crippen MR) is 61.5 cm³/mol. The fourth-order valence-corrected chi connectivity index (χ4v) is 1.24. The zero-order chi connectivity index (χ0) is 11.8. The Morgan fingerprint density at radius 1 is 1.27 bits per heavy atom. The molecule has 0 spiro atoms. The average Bonchev–Trinajstić information content (AvgIpc) is 2.65. The fourth-order valence-electron chi connectivity index (χ4n) is 1.24. The van der Waals surface area contributed by atoms with Crippen molar-refractivity contribution in [1.82, 2.24) is 4.98 Å². The first-order valence-corrected chi connectivity index (χ1v) is 4.79. The summed E-state index contributed by atoms with van der Waals surface area (Å²) in [6.07, 6.45) is 1.88. The van der Waals surface area contributed by atoms with Crippen molar-refractivity contribution in [2.75, 3.05) is 0 Å². The van der Waals surface area contributed by atoms with Gasteiger partial charge in [0.15, 0.2) is 0 Å². The van der Waals surface area contributed by atoms with Crippen molar-refractivity contribution in [3.8, 4) is 0 Å². The topological polar surface area (TPSA) is 32.9 Å². The number of carbonyl (C=O) groups excluding carboxylic acids is 1. The number of halogens is 1. The first-order chi connectivity index (χ1) is 7.27. The summed E-state index contributed by atoms with van der Waals surface area (Å²) >= 11 is 0. The van der Waals surface area contributed by atoms with Gasteiger partial charge in [-0.1, -0.05) is 13.8 Å². The van der Waals surface area contributed by atoms with Crippen LogP contribution in [0.15, 0.2) is 24.4 Å². The molecule has 0 aliphatic carbocycles. The highest BCUT2D eigenvalue weighted by Crippen LogP contribution is 2.17. The predicted octanol–water partition coefficient (Wildman–Crippen LogP) is 3.46. The normalized spacial score (nSPS) is 8.53. The maximum Gasteiger partial charge on any atom is 0.125 e. The maximum absolute atomic E-state index is 12.6. The number of aryl methyl sites for hydroxylation is 1. The molecule has 0 aliphatic rings. The second-order valence-electron chi connectivity index (χ2n) is 2.66. The molecule has 0 radical (unpaired) electrons. The van der Waals surface area contributed by atoms with Crippen LogP contribution in [0.4, 0.5) is 4.39 Å². The molecule has 82 valence electrons. The quantitative estimate of drug-likeness (QED) is 0.708. The van der Waals surface area contributed by atoms with E-state index in [1.54, 1.807) is 6.07 Å². The molecule has 0 unspecified atom stereocenters. The first kappa shape index (κ1) is 13.4. The van der Waals surface area contributed by atoms with E-state index in [4.69, 9.17) is 4.79 Å². The summed E-state index contributed by atoms with van der Waals surface area (Å²) in [4.78, 5) is 11.0. The molecule has 2 aromatic rings. The first-order valence-electron chi connectivity index (χ1n) is 4.79. The van der Waals surface area contributed by atoms with Gasteiger partial charge >= 0.3 is 0 Å². The highest BCUT2D eigenvalue weighted by atomic mass is 19.1. The Balaban J connectivity index is 0.000000442. The highest BCUT2D eigenvalue weighted by molar-refractivity contribution is 5.82. The molecule has 2 nitrogen and oxygen atoms in total. The zero-order valence-corrected chi connectivity index (χ0v) is 9.30. The lowest BCUT2D eigenvalue weighted by molar-refractivity contribution is -0.0979. The maximum atomic E-state index is 12.6. The number of aromatic nitrogens is 1. The Kier molecular flexibility index (Phi) is 6.02. The summed E-state index contributed by atoms with van der Waals surface area (Å²) in [5.74, 6) is -0.195. The molecule has 15 heavy (non-hydrogen) atoms. The lowest BCUT2D eigenvalue weighted by atomic mass is 10.2. The number of H-pyrrole nitrogens is 1. The Morgan fingerprint density at radius 3 is 2.47 bits per heavy atom. The van der Waals surface area contributed by atoms with Crippen LogP contribution in [0, 0.1) is 12.7 Å². The van der Waals surface area contributed by atoms with Crippen LogP contribution in [0.5, 0.6) is 0 Å². The molecule has 1 aromatic carbocycles. The van der Waals surface area contributed by atoms with Crippen molar-refractivity contribution in [2.45, 2.75) is 20.8 Å². The van der Waals surface area contributed by atoms with E-state index in [-0.39, 0.29) is 5.82 Å². The van der Waals surface area contributed by atoms with E-state index in [1.165, 1.54) is 12.1 Å². The number of hydrogen-bond acceptors (Lipinski definition) is 1. The van der Waals surface area contributed by atoms with Gasteiger partial charge in [-0.25, -0.2) is 4.39 Å². The largest absolute Gasteiger partial charge is 0.361 e. The van der Waals surface area contributed by atoms with Gasteiger partial charge in [-0.05, 0) is 30.7 Å². The molecule has 2 rings (SSSR count). The molecule has 1 aromatic heterocycles. The van der Waals surface area contributed by atoms with Crippen molar-refractivity contribution in [3.05, 3.63) is 35.8 Å². The van der Waals surface area contributed by atoms with Crippen LogP contribution < -0.4 is 0 Å². The number of aromatic amines is 1. The van der Waals surface area contributed by atoms with E-state index in [0.717, 1.165) is 16.5 Å². The van der Waals surface area contributed by atoms with Crippen LogP contribution in [-0.2, 0) is 4.79 Å². The van der Waals surface area contributed by atoms with Crippen molar-refractivity contribution in [2.24, 2.45) is 0 Å². The molecule has 1 N–H and O–H groups in total. The van der Waals surface area contributed by atoms with Crippen LogP contribution in [0.25, 0.3) is 10.9 Å². The minimum absolute atomic E-state index is 0.195. The van der Waals surface area contributed by atoms with Gasteiger partial charge in [0.05, 0.1) is 0 Å². The smallest absolute Gasteiger partial charge is 0.125 e. The standard InChI is InChI=1S/C9H8FN.C2H6.CH2O/c1-6-5-11-9-4-7(10)2-3-8(6)9;2*1-2/h2-5,11H,1H3;1-2H3;1H2. The van der Waals surface area contributed by atoms with E-state index in [9.17, 15) is 4.39 Å². The molecule has 0 saturated heterocycles. The summed E-state index contributed by atoms with van der Waals surface area (Å²) in [5, 5.41) is 1.09. The fraction of sp³-hybridized carbons (Fsp3) is 0.250. The molecular formula is C12H16FNO. The Morgan fingerprint density at radius 2 is 1.87 bits per heavy atom. The van der Waals surface area contributed by atoms with Gasteiger partial charge in [-0.15, -0.1) is 0 Å². The second kappa shape index (κ2) is 6.76. The Hall–Kier alpha value is -1.64. The molecule has 0 saturated carbocycles. The lowest BCUT2D eigenvalue weighted by Gasteiger charge is -1.90. The summed E-state index contributed by atoms with van der Waals surface area (Å²) in [7, 11) is 0. The molecule has 0 bridgehead atoms. The number of rotatable bonds is 0. The van der Waals surface area contributed by atoms with Crippen LogP contribution >= 0.6 is 0 Å². The molecule has 0 aliphatic heterocycles. The van der Waals surface area contributed by atoms with Gasteiger partial charge in [0.1, 0.15) is 12.6 Å². The number of hydrogen-bond donors (Lipinski definition) is 1. The third-order valence-corrected chi connectivity index (χ3v) is 1.85. The Labute approximate surface area is 89.1 Å². The molecule has 0 amide bonds. The van der Waals surface area contributed by atoms with Crippen molar-refractivity contribution in [1.29, 1.82) is 0 Å². The molecule has 1 heterocycles. The third kappa shape index (κ3) is 3.20. The van der Waals surface area contributed by atoms with E-state index >= 15 is 0 Å². The van der Waals surface area contributed by atoms with Crippen LogP contribution in [0.3, 0.4) is 0 Å². The molecular weight excluding hydrogens is 193 g/mol. The molecule has 0 atom stereocenters. The molecule has 3 heteroatoms. The minimum Gasteiger partial charge on any atom is -0.361 e. The zero-order valence-electron chi connectivity index (χ0n) is 9.30. The van der Waals surface area contributed by atoms with Gasteiger partial charge in [0.25, 0.3) is 0 Å². The minimum atomic E-state index is -0.195. The monoisotopic (exact) mass is 209 g/mol. The molecule has 0 fully saturated rings. The van der Waals surface area contributed by atoms with Crippen LogP contribution in [-0.4, -0.2) is 11.8 Å². The van der Waals surface area contributed by atoms with E-state index in [0.29, 0.717) is 0 Å². The third-order valence-electron chi connectivity index (χ3n) is 1.85. The van der Waals surface area contributed by atoms with Crippen LogP contribution in [0.1, 0.15) is 19.4 Å². The van der Waals surface area contributed by atoms with E-state index in [1.807, 2.05) is 33.8 Å². The van der Waals surface area contributed by atoms with Crippen molar-refractivity contribution in [3.63, 3.8) is 0 Å². The lowest BCUT2D eigenvalue weighted by Crippen LogP contribution is -1.72. The average molecular weight is 209 g/mol. The van der Waals surface area contributed by atoms with Gasteiger partial charge in [0, 0.05) is 17.1 Å². The second-order valence-corrected chi connectivity index (χ2v) is 2.66. The van der Waals surface area contributed by atoms with E-state index in [2.05, 4.69) is 4.98 Å². The SMILES string of the molecule is C=O.CC.Cc1c[nH]c2cc(F)ccc12. The number of benzene rings is 1.